The molecular weight excluding hydrogens is 274 g/mol. The first kappa shape index (κ1) is 14.3. The molecule has 5 nitrogen and oxygen atoms in total. The number of amides is 1. The van der Waals surface area contributed by atoms with Crippen molar-refractivity contribution in [2.75, 3.05) is 12.3 Å². The monoisotopic (exact) mass is 291 g/mol. The molecule has 20 heavy (non-hydrogen) atoms. The van der Waals surface area contributed by atoms with E-state index in [1.807, 2.05) is 11.4 Å². The lowest BCUT2D eigenvalue weighted by molar-refractivity contribution is -0.119. The van der Waals surface area contributed by atoms with E-state index >= 15 is 0 Å². The highest BCUT2D eigenvalue weighted by Crippen LogP contribution is 2.29. The molecule has 2 rings (SSSR count). The van der Waals surface area contributed by atoms with Crippen LogP contribution < -0.4 is 16.2 Å². The fourth-order valence-electron chi connectivity index (χ4n) is 1.76. The maximum atomic E-state index is 10.7. The van der Waals surface area contributed by atoms with Crippen LogP contribution in [0.2, 0.25) is 0 Å². The number of carbonyl (C=O) groups excluding carboxylic acids is 1. The summed E-state index contributed by atoms with van der Waals surface area (Å²) in [7, 11) is 0. The Bertz CT molecular complexity index is 610. The van der Waals surface area contributed by atoms with Gasteiger partial charge in [-0.1, -0.05) is 6.92 Å². The topological polar surface area (TPSA) is 91.2 Å². The summed E-state index contributed by atoms with van der Waals surface area (Å²) in [6.45, 7) is 1.95. The average molecular weight is 291 g/mol. The highest BCUT2D eigenvalue weighted by atomic mass is 32.1. The molecule has 0 fully saturated rings. The zero-order chi connectivity index (χ0) is 14.5. The molecule has 1 aromatic carbocycles. The number of nitrogen functional groups attached to an aromatic ring is 1. The van der Waals surface area contributed by atoms with Crippen LogP contribution in [0.1, 0.15) is 18.4 Å². The summed E-state index contributed by atoms with van der Waals surface area (Å²) in [5.74, 6) is -0.0752. The molecule has 0 saturated heterocycles. The van der Waals surface area contributed by atoms with Gasteiger partial charge in [0, 0.05) is 10.9 Å². The van der Waals surface area contributed by atoms with Crippen molar-refractivity contribution in [3.63, 3.8) is 0 Å². The van der Waals surface area contributed by atoms with E-state index in [2.05, 4.69) is 11.9 Å². The molecule has 0 saturated carbocycles. The predicted octanol–water partition coefficient (Wildman–Crippen LogP) is 2.21. The van der Waals surface area contributed by atoms with Gasteiger partial charge in [0.2, 0.25) is 0 Å². The minimum absolute atomic E-state index is 0.180. The Labute approximate surface area is 121 Å². The summed E-state index contributed by atoms with van der Waals surface area (Å²) in [6.07, 6.45) is 2.06. The van der Waals surface area contributed by atoms with Crippen molar-refractivity contribution in [2.24, 2.45) is 5.73 Å². The molecule has 1 amide bonds. The van der Waals surface area contributed by atoms with Gasteiger partial charge in [-0.05, 0) is 31.0 Å². The van der Waals surface area contributed by atoms with Crippen molar-refractivity contribution in [3.8, 4) is 17.0 Å². The highest BCUT2D eigenvalue weighted by molar-refractivity contribution is 7.09. The standard InChI is InChI=1S/C14H17N3O2S/c1-2-3-14-17-11(8-20-14)9-4-5-12(10(15)6-9)19-7-13(16)18/h4-6,8H,2-3,7,15H2,1H3,(H2,16,18). The first-order valence-electron chi connectivity index (χ1n) is 6.35. The van der Waals surface area contributed by atoms with Crippen LogP contribution in [0.15, 0.2) is 23.6 Å². The Kier molecular flexibility index (Phi) is 4.57. The Balaban J connectivity index is 2.16. The summed E-state index contributed by atoms with van der Waals surface area (Å²) in [6, 6.07) is 5.39. The fraction of sp³-hybridized carbons (Fsp3) is 0.286. The number of nitrogens with zero attached hydrogens (tertiary/aromatic N) is 1. The molecule has 0 aliphatic carbocycles. The third-order valence-electron chi connectivity index (χ3n) is 2.69. The Morgan fingerprint density at radius 2 is 2.25 bits per heavy atom. The van der Waals surface area contributed by atoms with Gasteiger partial charge in [0.05, 0.1) is 16.4 Å². The van der Waals surface area contributed by atoms with Crippen LogP contribution in [0, 0.1) is 0 Å². The number of nitrogens with two attached hydrogens (primary N) is 2. The van der Waals surface area contributed by atoms with Gasteiger partial charge >= 0.3 is 0 Å². The van der Waals surface area contributed by atoms with Gasteiger partial charge in [0.1, 0.15) is 5.75 Å². The van der Waals surface area contributed by atoms with Gasteiger partial charge < -0.3 is 16.2 Å². The molecule has 0 radical (unpaired) electrons. The number of ether oxygens (including phenoxy) is 1. The van der Waals surface area contributed by atoms with Crippen molar-refractivity contribution >= 4 is 22.9 Å². The summed E-state index contributed by atoms with van der Waals surface area (Å²) in [5.41, 5.74) is 13.3. The van der Waals surface area contributed by atoms with Gasteiger partial charge in [-0.15, -0.1) is 11.3 Å². The molecular formula is C14H17N3O2S. The van der Waals surface area contributed by atoms with Gasteiger partial charge in [-0.25, -0.2) is 4.98 Å². The number of thiazole rings is 1. The second-order valence-electron chi connectivity index (χ2n) is 4.38. The maximum absolute atomic E-state index is 10.7. The number of anilines is 1. The first-order valence-corrected chi connectivity index (χ1v) is 7.23. The number of hydrogen-bond donors (Lipinski definition) is 2. The first-order chi connectivity index (χ1) is 9.60. The molecule has 4 N–H and O–H groups in total. The predicted molar refractivity (Wildman–Crippen MR) is 80.6 cm³/mol. The minimum Gasteiger partial charge on any atom is -0.482 e. The number of hydrogen-bond acceptors (Lipinski definition) is 5. The van der Waals surface area contributed by atoms with Gasteiger partial charge in [0.15, 0.2) is 6.61 Å². The van der Waals surface area contributed by atoms with Crippen LogP contribution in [-0.2, 0) is 11.2 Å². The van der Waals surface area contributed by atoms with Crippen molar-refractivity contribution in [2.45, 2.75) is 19.8 Å². The van der Waals surface area contributed by atoms with E-state index in [4.69, 9.17) is 16.2 Å². The molecule has 1 aromatic heterocycles. The average Bonchev–Trinajstić information content (AvgIpc) is 2.86. The molecule has 0 unspecified atom stereocenters. The smallest absolute Gasteiger partial charge is 0.255 e. The summed E-state index contributed by atoms with van der Waals surface area (Å²) < 4.78 is 5.22. The van der Waals surface area contributed by atoms with Crippen LogP contribution in [0.4, 0.5) is 5.69 Å². The third kappa shape index (κ3) is 3.48. The zero-order valence-corrected chi connectivity index (χ0v) is 12.1. The maximum Gasteiger partial charge on any atom is 0.255 e. The van der Waals surface area contributed by atoms with Crippen molar-refractivity contribution in [1.82, 2.24) is 4.98 Å². The number of aryl methyl sites for hydroxylation is 1. The highest BCUT2D eigenvalue weighted by Gasteiger charge is 2.08. The van der Waals surface area contributed by atoms with E-state index < -0.39 is 5.91 Å². The van der Waals surface area contributed by atoms with E-state index in [0.717, 1.165) is 29.1 Å². The Hall–Kier alpha value is -2.08. The molecule has 6 heteroatoms. The molecule has 0 aliphatic heterocycles. The van der Waals surface area contributed by atoms with E-state index in [1.54, 1.807) is 23.5 Å². The van der Waals surface area contributed by atoms with E-state index in [0.29, 0.717) is 11.4 Å². The SMILES string of the molecule is CCCc1nc(-c2ccc(OCC(N)=O)c(N)c2)cs1. The fourth-order valence-corrected chi connectivity index (χ4v) is 2.67. The van der Waals surface area contributed by atoms with E-state index in [9.17, 15) is 4.79 Å². The second kappa shape index (κ2) is 6.38. The Morgan fingerprint density at radius 3 is 2.90 bits per heavy atom. The second-order valence-corrected chi connectivity index (χ2v) is 5.33. The van der Waals surface area contributed by atoms with Crippen LogP contribution in [0.5, 0.6) is 5.75 Å². The quantitative estimate of drug-likeness (QED) is 0.798. The lowest BCUT2D eigenvalue weighted by Crippen LogP contribution is -2.20. The number of aromatic nitrogens is 1. The van der Waals surface area contributed by atoms with Gasteiger partial charge in [-0.2, -0.15) is 0 Å². The number of benzene rings is 1. The van der Waals surface area contributed by atoms with Crippen molar-refractivity contribution in [1.29, 1.82) is 0 Å². The van der Waals surface area contributed by atoms with Crippen molar-refractivity contribution in [3.05, 3.63) is 28.6 Å². The number of rotatable bonds is 6. The summed E-state index contributed by atoms with van der Waals surface area (Å²) in [4.78, 5) is 15.2. The minimum atomic E-state index is -0.530. The van der Waals surface area contributed by atoms with Crippen molar-refractivity contribution < 1.29 is 9.53 Å². The lowest BCUT2D eigenvalue weighted by atomic mass is 10.1. The van der Waals surface area contributed by atoms with Gasteiger partial charge in [0.25, 0.3) is 5.91 Å². The Morgan fingerprint density at radius 1 is 1.45 bits per heavy atom. The molecule has 0 atom stereocenters. The molecule has 0 spiro atoms. The molecule has 0 aliphatic rings. The third-order valence-corrected chi connectivity index (χ3v) is 3.60. The van der Waals surface area contributed by atoms with Crippen LogP contribution in [0.3, 0.4) is 0 Å². The summed E-state index contributed by atoms with van der Waals surface area (Å²) in [5, 5.41) is 3.14. The van der Waals surface area contributed by atoms with Crippen LogP contribution in [0.25, 0.3) is 11.3 Å². The van der Waals surface area contributed by atoms with Crippen LogP contribution >= 0.6 is 11.3 Å². The lowest BCUT2D eigenvalue weighted by Gasteiger charge is -2.08. The summed E-state index contributed by atoms with van der Waals surface area (Å²) >= 11 is 1.65. The molecule has 1 heterocycles. The van der Waals surface area contributed by atoms with E-state index in [1.165, 1.54) is 0 Å². The molecule has 2 aromatic rings. The van der Waals surface area contributed by atoms with Crippen LogP contribution in [-0.4, -0.2) is 17.5 Å². The normalized spacial score (nSPS) is 10.4. The zero-order valence-electron chi connectivity index (χ0n) is 11.3. The van der Waals surface area contributed by atoms with E-state index in [-0.39, 0.29) is 6.61 Å². The number of carbonyl (C=O) groups is 1. The molecule has 0 bridgehead atoms. The number of primary amides is 1. The molecule has 106 valence electrons. The largest absolute Gasteiger partial charge is 0.482 e. The van der Waals surface area contributed by atoms with Gasteiger partial charge in [-0.3, -0.25) is 4.79 Å².